The summed E-state index contributed by atoms with van der Waals surface area (Å²) >= 11 is 0. The van der Waals surface area contributed by atoms with E-state index in [9.17, 15) is 5.11 Å². The SMILES string of the molecule is CC(C)CCCOCC(O)CNC1CCC(C)CC1C. The number of hydrogen-bond acceptors (Lipinski definition) is 3. The van der Waals surface area contributed by atoms with Gasteiger partial charge in [0.15, 0.2) is 0 Å². The summed E-state index contributed by atoms with van der Waals surface area (Å²) < 4.78 is 5.54. The van der Waals surface area contributed by atoms with Gasteiger partial charge in [0, 0.05) is 19.2 Å². The summed E-state index contributed by atoms with van der Waals surface area (Å²) in [7, 11) is 0. The van der Waals surface area contributed by atoms with Crippen molar-refractivity contribution < 1.29 is 9.84 Å². The molecule has 0 aromatic carbocycles. The van der Waals surface area contributed by atoms with Gasteiger partial charge in [-0.2, -0.15) is 0 Å². The predicted molar refractivity (Wildman–Crippen MR) is 84.9 cm³/mol. The van der Waals surface area contributed by atoms with Gasteiger partial charge in [-0.3, -0.25) is 0 Å². The van der Waals surface area contributed by atoms with Gasteiger partial charge in [-0.25, -0.2) is 0 Å². The predicted octanol–water partition coefficient (Wildman–Crippen LogP) is 3.21. The molecule has 0 aliphatic heterocycles. The van der Waals surface area contributed by atoms with Crippen molar-refractivity contribution >= 4 is 0 Å². The first-order valence-electron chi connectivity index (χ1n) is 8.48. The molecule has 0 saturated heterocycles. The first-order valence-corrected chi connectivity index (χ1v) is 8.48. The quantitative estimate of drug-likeness (QED) is 0.639. The molecule has 1 rings (SSSR count). The van der Waals surface area contributed by atoms with E-state index in [4.69, 9.17) is 4.74 Å². The molecule has 1 aliphatic carbocycles. The summed E-state index contributed by atoms with van der Waals surface area (Å²) in [5.74, 6) is 2.32. The molecular weight excluding hydrogens is 250 g/mol. The van der Waals surface area contributed by atoms with E-state index in [1.54, 1.807) is 0 Å². The van der Waals surface area contributed by atoms with Gasteiger partial charge in [0.05, 0.1) is 12.7 Å². The summed E-state index contributed by atoms with van der Waals surface area (Å²) in [5.41, 5.74) is 0. The van der Waals surface area contributed by atoms with Crippen LogP contribution in [-0.2, 0) is 4.74 Å². The second-order valence-electron chi connectivity index (χ2n) is 7.18. The van der Waals surface area contributed by atoms with Gasteiger partial charge in [0.1, 0.15) is 0 Å². The van der Waals surface area contributed by atoms with Gasteiger partial charge in [-0.05, 0) is 49.9 Å². The van der Waals surface area contributed by atoms with E-state index in [0.29, 0.717) is 19.2 Å². The van der Waals surface area contributed by atoms with Crippen LogP contribution in [0.25, 0.3) is 0 Å². The maximum Gasteiger partial charge on any atom is 0.0897 e. The first kappa shape index (κ1) is 17.9. The Morgan fingerprint density at radius 3 is 2.65 bits per heavy atom. The number of rotatable bonds is 9. The third-order valence-corrected chi connectivity index (χ3v) is 4.43. The van der Waals surface area contributed by atoms with Crippen LogP contribution in [0.4, 0.5) is 0 Å². The highest BCUT2D eigenvalue weighted by Gasteiger charge is 2.25. The summed E-state index contributed by atoms with van der Waals surface area (Å²) in [6, 6.07) is 0.571. The summed E-state index contributed by atoms with van der Waals surface area (Å²) in [6.45, 7) is 11.0. The fourth-order valence-electron chi connectivity index (χ4n) is 3.13. The number of aliphatic hydroxyl groups is 1. The normalized spacial score (nSPS) is 28.8. The summed E-state index contributed by atoms with van der Waals surface area (Å²) in [6.07, 6.45) is 5.77. The van der Waals surface area contributed by atoms with E-state index < -0.39 is 0 Å². The van der Waals surface area contributed by atoms with Crippen LogP contribution in [0, 0.1) is 17.8 Å². The minimum absolute atomic E-state index is 0.374. The number of ether oxygens (including phenoxy) is 1. The minimum Gasteiger partial charge on any atom is -0.389 e. The molecule has 1 aliphatic rings. The Morgan fingerprint density at radius 2 is 2.00 bits per heavy atom. The molecule has 3 nitrogen and oxygen atoms in total. The lowest BCUT2D eigenvalue weighted by Gasteiger charge is -2.33. The van der Waals surface area contributed by atoms with Crippen molar-refractivity contribution in [2.45, 2.75) is 71.9 Å². The molecule has 3 heteroatoms. The highest BCUT2D eigenvalue weighted by molar-refractivity contribution is 4.81. The third-order valence-electron chi connectivity index (χ3n) is 4.43. The van der Waals surface area contributed by atoms with Crippen molar-refractivity contribution in [3.8, 4) is 0 Å². The third kappa shape index (κ3) is 7.61. The maximum absolute atomic E-state index is 9.94. The topological polar surface area (TPSA) is 41.5 Å². The monoisotopic (exact) mass is 285 g/mol. The van der Waals surface area contributed by atoms with Crippen molar-refractivity contribution in [3.05, 3.63) is 0 Å². The van der Waals surface area contributed by atoms with Crippen LogP contribution < -0.4 is 5.32 Å². The van der Waals surface area contributed by atoms with E-state index >= 15 is 0 Å². The van der Waals surface area contributed by atoms with E-state index in [1.165, 1.54) is 25.7 Å². The van der Waals surface area contributed by atoms with Crippen molar-refractivity contribution in [1.82, 2.24) is 5.32 Å². The molecular formula is C17H35NO2. The Kier molecular flexibility index (Phi) is 8.74. The van der Waals surface area contributed by atoms with Crippen molar-refractivity contribution in [1.29, 1.82) is 0 Å². The molecule has 0 bridgehead atoms. The molecule has 0 radical (unpaired) electrons. The van der Waals surface area contributed by atoms with Gasteiger partial charge in [0.25, 0.3) is 0 Å². The van der Waals surface area contributed by atoms with Crippen LogP contribution in [0.3, 0.4) is 0 Å². The molecule has 4 atom stereocenters. The Balaban J connectivity index is 2.03. The van der Waals surface area contributed by atoms with Crippen molar-refractivity contribution in [3.63, 3.8) is 0 Å². The van der Waals surface area contributed by atoms with Crippen LogP contribution in [0.5, 0.6) is 0 Å². The fourth-order valence-corrected chi connectivity index (χ4v) is 3.13. The van der Waals surface area contributed by atoms with E-state index in [2.05, 4.69) is 33.0 Å². The smallest absolute Gasteiger partial charge is 0.0897 e. The molecule has 0 aromatic rings. The first-order chi connectivity index (χ1) is 9.49. The lowest BCUT2D eigenvalue weighted by atomic mass is 9.80. The number of aliphatic hydroxyl groups excluding tert-OH is 1. The fraction of sp³-hybridized carbons (Fsp3) is 1.00. The zero-order chi connectivity index (χ0) is 15.0. The summed E-state index contributed by atoms with van der Waals surface area (Å²) in [4.78, 5) is 0. The molecule has 0 heterocycles. The van der Waals surface area contributed by atoms with Crippen LogP contribution in [-0.4, -0.2) is 37.0 Å². The minimum atomic E-state index is -0.374. The average Bonchev–Trinajstić information content (AvgIpc) is 2.37. The van der Waals surface area contributed by atoms with Crippen LogP contribution in [0.2, 0.25) is 0 Å². The highest BCUT2D eigenvalue weighted by atomic mass is 16.5. The second kappa shape index (κ2) is 9.75. The molecule has 1 fully saturated rings. The van der Waals surface area contributed by atoms with Crippen LogP contribution >= 0.6 is 0 Å². The van der Waals surface area contributed by atoms with Gasteiger partial charge >= 0.3 is 0 Å². The molecule has 0 amide bonds. The Hall–Kier alpha value is -0.120. The van der Waals surface area contributed by atoms with Gasteiger partial charge < -0.3 is 15.2 Å². The zero-order valence-corrected chi connectivity index (χ0v) is 13.9. The van der Waals surface area contributed by atoms with Gasteiger partial charge in [-0.1, -0.05) is 27.7 Å². The number of hydrogen-bond donors (Lipinski definition) is 2. The lowest BCUT2D eigenvalue weighted by Crippen LogP contribution is -2.43. The second-order valence-corrected chi connectivity index (χ2v) is 7.18. The summed E-state index contributed by atoms with van der Waals surface area (Å²) in [5, 5.41) is 13.5. The molecule has 2 N–H and O–H groups in total. The Labute approximate surface area is 125 Å². The highest BCUT2D eigenvalue weighted by Crippen LogP contribution is 2.28. The molecule has 0 spiro atoms. The lowest BCUT2D eigenvalue weighted by molar-refractivity contribution is 0.0312. The maximum atomic E-state index is 9.94. The van der Waals surface area contributed by atoms with E-state index in [1.807, 2.05) is 0 Å². The molecule has 4 unspecified atom stereocenters. The molecule has 0 aromatic heterocycles. The molecule has 1 saturated carbocycles. The standard InChI is InChI=1S/C17H35NO2/c1-13(2)6-5-9-20-12-16(19)11-18-17-8-7-14(3)10-15(17)4/h13-19H,5-12H2,1-4H3. The van der Waals surface area contributed by atoms with Gasteiger partial charge in [-0.15, -0.1) is 0 Å². The van der Waals surface area contributed by atoms with Crippen molar-refractivity contribution in [2.75, 3.05) is 19.8 Å². The average molecular weight is 285 g/mol. The van der Waals surface area contributed by atoms with Gasteiger partial charge in [0.2, 0.25) is 0 Å². The zero-order valence-electron chi connectivity index (χ0n) is 13.9. The van der Waals surface area contributed by atoms with Crippen LogP contribution in [0.15, 0.2) is 0 Å². The number of nitrogens with one attached hydrogen (secondary N) is 1. The van der Waals surface area contributed by atoms with E-state index in [0.717, 1.165) is 30.8 Å². The van der Waals surface area contributed by atoms with Crippen molar-refractivity contribution in [2.24, 2.45) is 17.8 Å². The largest absolute Gasteiger partial charge is 0.389 e. The van der Waals surface area contributed by atoms with Crippen LogP contribution in [0.1, 0.15) is 59.8 Å². The van der Waals surface area contributed by atoms with E-state index in [-0.39, 0.29) is 6.10 Å². The Morgan fingerprint density at radius 1 is 1.25 bits per heavy atom. The molecule has 120 valence electrons. The molecule has 20 heavy (non-hydrogen) atoms. The Bertz CT molecular complexity index is 245.